The molecule has 24 heavy (non-hydrogen) atoms. The van der Waals surface area contributed by atoms with Crippen molar-refractivity contribution in [2.45, 2.75) is 11.8 Å². The van der Waals surface area contributed by atoms with Crippen LogP contribution in [-0.2, 0) is 10.0 Å². The number of aliphatic hydroxyl groups excluding tert-OH is 1. The molecule has 0 aliphatic heterocycles. The van der Waals surface area contributed by atoms with E-state index >= 15 is 0 Å². The topological polar surface area (TPSA) is 86.7 Å². The van der Waals surface area contributed by atoms with E-state index in [0.29, 0.717) is 17.8 Å². The van der Waals surface area contributed by atoms with Crippen LogP contribution in [0, 0.1) is 0 Å². The Balaban J connectivity index is 2.23. The van der Waals surface area contributed by atoms with Crippen molar-refractivity contribution in [1.29, 1.82) is 0 Å². The average molecular weight is 348 g/mol. The fraction of sp³-hybridized carbons (Fsp3) is 0.235. The summed E-state index contributed by atoms with van der Waals surface area (Å²) >= 11 is 0. The zero-order chi connectivity index (χ0) is 17.6. The Kier molecular flexibility index (Phi) is 5.94. The summed E-state index contributed by atoms with van der Waals surface area (Å²) in [4.78, 5) is 14.0. The van der Waals surface area contributed by atoms with Gasteiger partial charge in [0, 0.05) is 24.3 Å². The summed E-state index contributed by atoms with van der Waals surface area (Å²) in [6, 6.07) is 14.3. The van der Waals surface area contributed by atoms with E-state index in [4.69, 9.17) is 5.11 Å². The number of carbonyl (C=O) groups excluding carboxylic acids is 1. The monoisotopic (exact) mass is 348 g/mol. The molecule has 0 atom stereocenters. The molecular weight excluding hydrogens is 328 g/mol. The van der Waals surface area contributed by atoms with Gasteiger partial charge in [-0.2, -0.15) is 0 Å². The standard InChI is InChI=1S/C17H20N2O4S/c1-2-19(11-12-20)17(21)14-7-6-8-15(13-14)18-24(22,23)16-9-4-3-5-10-16/h3-10,13,18,20H,2,11-12H2,1H3. The number of likely N-dealkylation sites (N-methyl/N-ethyl adjacent to an activating group) is 1. The van der Waals surface area contributed by atoms with Gasteiger partial charge < -0.3 is 10.0 Å². The molecule has 128 valence electrons. The highest BCUT2D eigenvalue weighted by Gasteiger charge is 2.17. The second-order valence-electron chi connectivity index (χ2n) is 5.11. The number of anilines is 1. The van der Waals surface area contributed by atoms with Gasteiger partial charge >= 0.3 is 0 Å². The minimum atomic E-state index is -3.71. The maximum absolute atomic E-state index is 12.4. The summed E-state index contributed by atoms with van der Waals surface area (Å²) in [5, 5.41) is 9.01. The van der Waals surface area contributed by atoms with E-state index in [1.54, 1.807) is 36.4 Å². The first-order chi connectivity index (χ1) is 11.5. The smallest absolute Gasteiger partial charge is 0.261 e. The molecule has 2 aromatic carbocycles. The number of sulfonamides is 1. The lowest BCUT2D eigenvalue weighted by Gasteiger charge is -2.20. The molecule has 7 heteroatoms. The Morgan fingerprint density at radius 1 is 1.12 bits per heavy atom. The van der Waals surface area contributed by atoms with Gasteiger partial charge in [-0.15, -0.1) is 0 Å². The van der Waals surface area contributed by atoms with Gasteiger partial charge in [-0.05, 0) is 37.3 Å². The van der Waals surface area contributed by atoms with Crippen LogP contribution in [0.15, 0.2) is 59.5 Å². The van der Waals surface area contributed by atoms with Crippen molar-refractivity contribution >= 4 is 21.6 Å². The fourth-order valence-corrected chi connectivity index (χ4v) is 3.31. The SMILES string of the molecule is CCN(CCO)C(=O)c1cccc(NS(=O)(=O)c2ccccc2)c1. The van der Waals surface area contributed by atoms with Crippen molar-refractivity contribution in [3.63, 3.8) is 0 Å². The molecule has 0 fully saturated rings. The third-order valence-electron chi connectivity index (χ3n) is 3.45. The lowest BCUT2D eigenvalue weighted by molar-refractivity contribution is 0.0732. The van der Waals surface area contributed by atoms with Crippen LogP contribution in [0.25, 0.3) is 0 Å². The first-order valence-corrected chi connectivity index (χ1v) is 9.04. The van der Waals surface area contributed by atoms with Crippen molar-refractivity contribution in [3.05, 3.63) is 60.2 Å². The number of carbonyl (C=O) groups is 1. The number of nitrogens with zero attached hydrogens (tertiary/aromatic N) is 1. The average Bonchev–Trinajstić information content (AvgIpc) is 2.59. The van der Waals surface area contributed by atoms with E-state index < -0.39 is 10.0 Å². The summed E-state index contributed by atoms with van der Waals surface area (Å²) < 4.78 is 27.1. The Morgan fingerprint density at radius 2 is 1.83 bits per heavy atom. The summed E-state index contributed by atoms with van der Waals surface area (Å²) in [6.45, 7) is 2.38. The van der Waals surface area contributed by atoms with Crippen molar-refractivity contribution in [2.75, 3.05) is 24.4 Å². The summed E-state index contributed by atoms with van der Waals surface area (Å²) in [5.74, 6) is -0.257. The first kappa shape index (κ1) is 18.0. The molecule has 2 aromatic rings. The lowest BCUT2D eigenvalue weighted by atomic mass is 10.2. The van der Waals surface area contributed by atoms with E-state index in [1.807, 2.05) is 6.92 Å². The number of benzene rings is 2. The molecule has 0 radical (unpaired) electrons. The highest BCUT2D eigenvalue weighted by molar-refractivity contribution is 7.92. The van der Waals surface area contributed by atoms with E-state index in [0.717, 1.165) is 0 Å². The number of amides is 1. The summed E-state index contributed by atoms with van der Waals surface area (Å²) in [7, 11) is -3.71. The summed E-state index contributed by atoms with van der Waals surface area (Å²) in [5.41, 5.74) is 0.670. The van der Waals surface area contributed by atoms with Crippen LogP contribution in [0.3, 0.4) is 0 Å². The third-order valence-corrected chi connectivity index (χ3v) is 4.85. The number of hydrogen-bond acceptors (Lipinski definition) is 4. The first-order valence-electron chi connectivity index (χ1n) is 7.56. The van der Waals surface area contributed by atoms with E-state index in [-0.39, 0.29) is 24.0 Å². The van der Waals surface area contributed by atoms with E-state index in [2.05, 4.69) is 4.72 Å². The predicted octanol–water partition coefficient (Wildman–Crippen LogP) is 1.94. The van der Waals surface area contributed by atoms with Crippen LogP contribution in [0.1, 0.15) is 17.3 Å². The molecule has 2 rings (SSSR count). The van der Waals surface area contributed by atoms with Crippen molar-refractivity contribution < 1.29 is 18.3 Å². The van der Waals surface area contributed by atoms with Crippen LogP contribution in [0.2, 0.25) is 0 Å². The van der Waals surface area contributed by atoms with Crippen molar-refractivity contribution in [2.24, 2.45) is 0 Å². The Bertz CT molecular complexity index is 791. The van der Waals surface area contributed by atoms with E-state index in [1.165, 1.54) is 23.1 Å². The minimum absolute atomic E-state index is 0.125. The fourth-order valence-electron chi connectivity index (χ4n) is 2.24. The largest absolute Gasteiger partial charge is 0.395 e. The molecule has 1 amide bonds. The maximum atomic E-state index is 12.4. The second kappa shape index (κ2) is 7.94. The molecule has 6 nitrogen and oxygen atoms in total. The third kappa shape index (κ3) is 4.33. The molecule has 0 spiro atoms. The van der Waals surface area contributed by atoms with Gasteiger partial charge in [-0.25, -0.2) is 8.42 Å². The molecule has 0 bridgehead atoms. The number of rotatable bonds is 7. The Morgan fingerprint density at radius 3 is 2.46 bits per heavy atom. The summed E-state index contributed by atoms with van der Waals surface area (Å²) in [6.07, 6.45) is 0. The Hall–Kier alpha value is -2.38. The van der Waals surface area contributed by atoms with Gasteiger partial charge in [0.1, 0.15) is 0 Å². The molecular formula is C17H20N2O4S. The molecule has 0 aliphatic rings. The van der Waals surface area contributed by atoms with Gasteiger partial charge in [0.05, 0.1) is 11.5 Å². The lowest BCUT2D eigenvalue weighted by Crippen LogP contribution is -2.33. The molecule has 0 aromatic heterocycles. The minimum Gasteiger partial charge on any atom is -0.395 e. The zero-order valence-electron chi connectivity index (χ0n) is 13.3. The van der Waals surface area contributed by atoms with Crippen molar-refractivity contribution in [1.82, 2.24) is 4.90 Å². The zero-order valence-corrected chi connectivity index (χ0v) is 14.2. The number of nitrogens with one attached hydrogen (secondary N) is 1. The van der Waals surface area contributed by atoms with Crippen LogP contribution >= 0.6 is 0 Å². The quantitative estimate of drug-likeness (QED) is 0.801. The van der Waals surface area contributed by atoms with Gasteiger partial charge in [-0.3, -0.25) is 9.52 Å². The van der Waals surface area contributed by atoms with Crippen molar-refractivity contribution in [3.8, 4) is 0 Å². The number of hydrogen-bond donors (Lipinski definition) is 2. The van der Waals surface area contributed by atoms with Crippen LogP contribution < -0.4 is 4.72 Å². The van der Waals surface area contributed by atoms with Crippen LogP contribution in [0.5, 0.6) is 0 Å². The molecule has 0 saturated carbocycles. The van der Waals surface area contributed by atoms with E-state index in [9.17, 15) is 13.2 Å². The highest BCUT2D eigenvalue weighted by atomic mass is 32.2. The van der Waals surface area contributed by atoms with Gasteiger partial charge in [0.25, 0.3) is 15.9 Å². The van der Waals surface area contributed by atoms with Gasteiger partial charge in [-0.1, -0.05) is 24.3 Å². The maximum Gasteiger partial charge on any atom is 0.261 e. The molecule has 0 heterocycles. The second-order valence-corrected chi connectivity index (χ2v) is 6.79. The van der Waals surface area contributed by atoms with Crippen LogP contribution in [0.4, 0.5) is 5.69 Å². The van der Waals surface area contributed by atoms with Gasteiger partial charge in [0.15, 0.2) is 0 Å². The Labute approximate surface area is 141 Å². The number of aliphatic hydroxyl groups is 1. The predicted molar refractivity (Wildman–Crippen MR) is 92.4 cm³/mol. The molecule has 0 aliphatic carbocycles. The molecule has 2 N–H and O–H groups in total. The highest BCUT2D eigenvalue weighted by Crippen LogP contribution is 2.18. The van der Waals surface area contributed by atoms with Gasteiger partial charge in [0.2, 0.25) is 0 Å². The molecule has 0 saturated heterocycles. The normalized spacial score (nSPS) is 11.1. The molecule has 0 unspecified atom stereocenters. The van der Waals surface area contributed by atoms with Crippen LogP contribution in [-0.4, -0.2) is 44.0 Å².